The summed E-state index contributed by atoms with van der Waals surface area (Å²) in [5.74, 6) is 2.06. The van der Waals surface area contributed by atoms with Crippen LogP contribution in [0.15, 0.2) is 30.3 Å². The van der Waals surface area contributed by atoms with Gasteiger partial charge in [-0.1, -0.05) is 19.9 Å². The third kappa shape index (κ3) is 4.62. The lowest BCUT2D eigenvalue weighted by Crippen LogP contribution is -2.19. The van der Waals surface area contributed by atoms with Crippen molar-refractivity contribution in [1.82, 2.24) is 0 Å². The van der Waals surface area contributed by atoms with Gasteiger partial charge in [-0.2, -0.15) is 0 Å². The van der Waals surface area contributed by atoms with Gasteiger partial charge in [-0.3, -0.25) is 0 Å². The number of hydrogen-bond acceptors (Lipinski definition) is 6. The first-order valence-electron chi connectivity index (χ1n) is 9.20. The van der Waals surface area contributed by atoms with Gasteiger partial charge >= 0.3 is 0 Å². The first-order valence-corrected chi connectivity index (χ1v) is 9.20. The Labute approximate surface area is 166 Å². The Bertz CT molecular complexity index is 789. The summed E-state index contributed by atoms with van der Waals surface area (Å²) in [6.07, 6.45) is -0.00134. The molecule has 0 radical (unpaired) electrons. The van der Waals surface area contributed by atoms with E-state index in [0.717, 1.165) is 12.0 Å². The molecule has 0 heterocycles. The largest absolute Gasteiger partial charge is 0.504 e. The van der Waals surface area contributed by atoms with Crippen molar-refractivity contribution in [3.8, 4) is 28.7 Å². The van der Waals surface area contributed by atoms with E-state index in [4.69, 9.17) is 18.9 Å². The molecule has 154 valence electrons. The molecule has 3 atom stereocenters. The summed E-state index contributed by atoms with van der Waals surface area (Å²) < 4.78 is 21.1. The summed E-state index contributed by atoms with van der Waals surface area (Å²) >= 11 is 0. The zero-order chi connectivity index (χ0) is 20.8. The average Bonchev–Trinajstić information content (AvgIpc) is 2.71. The molecule has 0 fully saturated rings. The highest BCUT2D eigenvalue weighted by Gasteiger charge is 2.25. The van der Waals surface area contributed by atoms with Gasteiger partial charge in [0.2, 0.25) is 5.75 Å². The Morgan fingerprint density at radius 3 is 2.04 bits per heavy atom. The van der Waals surface area contributed by atoms with Crippen LogP contribution in [-0.2, 0) is 6.42 Å². The zero-order valence-electron chi connectivity index (χ0n) is 17.4. The number of phenolic OH excluding ortho intramolecular Hbond substituents is 1. The van der Waals surface area contributed by atoms with Gasteiger partial charge < -0.3 is 29.2 Å². The van der Waals surface area contributed by atoms with Gasteiger partial charge in [-0.05, 0) is 53.6 Å². The molecule has 2 aromatic carbocycles. The summed E-state index contributed by atoms with van der Waals surface area (Å²) in [6.45, 7) is 4.08. The molecular formula is C22H30O6. The highest BCUT2D eigenvalue weighted by atomic mass is 16.5. The fourth-order valence-corrected chi connectivity index (χ4v) is 3.32. The molecular weight excluding hydrogens is 360 g/mol. The summed E-state index contributed by atoms with van der Waals surface area (Å²) in [5, 5.41) is 21.0. The van der Waals surface area contributed by atoms with Crippen molar-refractivity contribution in [2.45, 2.75) is 26.4 Å². The lowest BCUT2D eigenvalue weighted by Gasteiger charge is -2.26. The van der Waals surface area contributed by atoms with E-state index < -0.39 is 6.10 Å². The molecule has 0 aromatic heterocycles. The van der Waals surface area contributed by atoms with E-state index in [2.05, 4.69) is 6.92 Å². The molecule has 0 saturated carbocycles. The van der Waals surface area contributed by atoms with Crippen molar-refractivity contribution < 1.29 is 29.2 Å². The molecule has 0 aliphatic rings. The lowest BCUT2D eigenvalue weighted by molar-refractivity contribution is 0.0866. The van der Waals surface area contributed by atoms with Crippen LogP contribution in [0.4, 0.5) is 0 Å². The lowest BCUT2D eigenvalue weighted by atomic mass is 9.83. The summed E-state index contributed by atoms with van der Waals surface area (Å²) in [5.41, 5.74) is 1.68. The van der Waals surface area contributed by atoms with Crippen LogP contribution >= 0.6 is 0 Å². The third-order valence-corrected chi connectivity index (χ3v) is 5.22. The zero-order valence-corrected chi connectivity index (χ0v) is 17.4. The van der Waals surface area contributed by atoms with Gasteiger partial charge in [-0.25, -0.2) is 0 Å². The van der Waals surface area contributed by atoms with Gasteiger partial charge in [0.05, 0.1) is 34.5 Å². The number of aliphatic hydroxyl groups is 1. The minimum atomic E-state index is -0.763. The SMILES string of the molecule is COc1ccc(C[C@H](C)[C@H](C)[C@H](O)c2cc(O)c(OC)c(OC)c2)cc1OC. The van der Waals surface area contributed by atoms with Crippen molar-refractivity contribution in [3.05, 3.63) is 41.5 Å². The van der Waals surface area contributed by atoms with Crippen LogP contribution in [0, 0.1) is 11.8 Å². The van der Waals surface area contributed by atoms with Crippen molar-refractivity contribution >= 4 is 0 Å². The predicted molar refractivity (Wildman–Crippen MR) is 108 cm³/mol. The number of hydrogen-bond donors (Lipinski definition) is 2. The first-order chi connectivity index (χ1) is 13.4. The summed E-state index contributed by atoms with van der Waals surface area (Å²) in [4.78, 5) is 0. The molecule has 0 spiro atoms. The molecule has 0 bridgehead atoms. The van der Waals surface area contributed by atoms with Gasteiger partial charge in [0.15, 0.2) is 23.0 Å². The summed E-state index contributed by atoms with van der Waals surface area (Å²) in [6, 6.07) is 9.05. The molecule has 0 amide bonds. The molecule has 28 heavy (non-hydrogen) atoms. The molecule has 6 nitrogen and oxygen atoms in total. The van der Waals surface area contributed by atoms with Crippen molar-refractivity contribution in [3.63, 3.8) is 0 Å². The maximum atomic E-state index is 10.9. The van der Waals surface area contributed by atoms with Crippen molar-refractivity contribution in [2.24, 2.45) is 11.8 Å². The van der Waals surface area contributed by atoms with E-state index in [1.54, 1.807) is 20.3 Å². The molecule has 0 aliphatic heterocycles. The Morgan fingerprint density at radius 1 is 0.821 bits per heavy atom. The molecule has 0 saturated heterocycles. The fraction of sp³-hybridized carbons (Fsp3) is 0.455. The topological polar surface area (TPSA) is 77.4 Å². The molecule has 2 N–H and O–H groups in total. The molecule has 2 aromatic rings. The van der Waals surface area contributed by atoms with Crippen molar-refractivity contribution in [1.29, 1.82) is 0 Å². The van der Waals surface area contributed by atoms with E-state index in [1.807, 2.05) is 25.1 Å². The van der Waals surface area contributed by atoms with Gasteiger partial charge in [0.1, 0.15) is 0 Å². The Kier molecular flexibility index (Phi) is 7.40. The van der Waals surface area contributed by atoms with Gasteiger partial charge in [0, 0.05) is 0 Å². The average molecular weight is 390 g/mol. The number of rotatable bonds is 9. The van der Waals surface area contributed by atoms with Crippen molar-refractivity contribution in [2.75, 3.05) is 28.4 Å². The molecule has 6 heteroatoms. The second kappa shape index (κ2) is 9.55. The monoisotopic (exact) mass is 390 g/mol. The van der Waals surface area contributed by atoms with Gasteiger partial charge in [-0.15, -0.1) is 0 Å². The highest BCUT2D eigenvalue weighted by Crippen LogP contribution is 2.41. The van der Waals surface area contributed by atoms with Gasteiger partial charge in [0.25, 0.3) is 0 Å². The maximum absolute atomic E-state index is 10.9. The van der Waals surface area contributed by atoms with E-state index in [9.17, 15) is 10.2 Å². The Hall–Kier alpha value is -2.60. The number of ether oxygens (including phenoxy) is 4. The number of aliphatic hydroxyl groups excluding tert-OH is 1. The number of phenols is 1. The van der Waals surface area contributed by atoms with Crippen LogP contribution in [0.25, 0.3) is 0 Å². The minimum Gasteiger partial charge on any atom is -0.504 e. The normalized spacial score (nSPS) is 14.1. The predicted octanol–water partition coefficient (Wildman–Crippen LogP) is 3.97. The number of methoxy groups -OCH3 is 4. The Balaban J connectivity index is 2.18. The third-order valence-electron chi connectivity index (χ3n) is 5.22. The molecule has 0 aliphatic carbocycles. The van der Waals surface area contributed by atoms with Crippen LogP contribution in [0.3, 0.4) is 0 Å². The number of benzene rings is 2. The van der Waals surface area contributed by atoms with E-state index in [0.29, 0.717) is 22.8 Å². The van der Waals surface area contributed by atoms with Crippen LogP contribution in [0.5, 0.6) is 28.7 Å². The Morgan fingerprint density at radius 2 is 1.46 bits per heavy atom. The van der Waals surface area contributed by atoms with Crippen LogP contribution in [0.2, 0.25) is 0 Å². The van der Waals surface area contributed by atoms with Crippen LogP contribution in [0.1, 0.15) is 31.1 Å². The van der Waals surface area contributed by atoms with E-state index >= 15 is 0 Å². The second-order valence-electron chi connectivity index (χ2n) is 6.95. The smallest absolute Gasteiger partial charge is 0.203 e. The first kappa shape index (κ1) is 21.7. The number of aromatic hydroxyl groups is 1. The second-order valence-corrected chi connectivity index (χ2v) is 6.95. The van der Waals surface area contributed by atoms with Crippen LogP contribution in [-0.4, -0.2) is 38.7 Å². The fourth-order valence-electron chi connectivity index (χ4n) is 3.32. The molecule has 2 rings (SSSR count). The quantitative estimate of drug-likeness (QED) is 0.675. The highest BCUT2D eigenvalue weighted by molar-refractivity contribution is 5.53. The minimum absolute atomic E-state index is 0.0596. The van der Waals surface area contributed by atoms with E-state index in [-0.39, 0.29) is 23.3 Å². The molecule has 0 unspecified atom stereocenters. The summed E-state index contributed by atoms with van der Waals surface area (Å²) in [7, 11) is 6.18. The maximum Gasteiger partial charge on any atom is 0.203 e. The van der Waals surface area contributed by atoms with E-state index in [1.165, 1.54) is 20.3 Å². The van der Waals surface area contributed by atoms with Crippen LogP contribution < -0.4 is 18.9 Å². The standard InChI is InChI=1S/C22H30O6/c1-13(9-15-7-8-18(25-3)19(10-15)26-4)14(2)21(24)16-11-17(23)22(28-6)20(12-16)27-5/h7-8,10-14,21,23-24H,9H2,1-6H3/t13-,14-,21-/m0/s1.